The van der Waals surface area contributed by atoms with Crippen molar-refractivity contribution in [1.82, 2.24) is 10.6 Å². The minimum atomic E-state index is -3.74. The van der Waals surface area contributed by atoms with E-state index in [0.717, 1.165) is 38.3 Å². The molecule has 1 heterocycles. The van der Waals surface area contributed by atoms with Crippen LogP contribution < -0.4 is 10.6 Å². The average Bonchev–Trinajstić information content (AvgIpc) is 2.46. The van der Waals surface area contributed by atoms with Crippen LogP contribution in [0.25, 0.3) is 0 Å². The molecule has 23 heavy (non-hydrogen) atoms. The van der Waals surface area contributed by atoms with Gasteiger partial charge in [-0.15, -0.1) is 12.4 Å². The highest BCUT2D eigenvalue weighted by Gasteiger charge is 2.23. The molecule has 1 aliphatic rings. The highest BCUT2D eigenvalue weighted by atomic mass is 79.9. The van der Waals surface area contributed by atoms with Crippen molar-refractivity contribution < 1.29 is 17.6 Å². The van der Waals surface area contributed by atoms with Gasteiger partial charge in [0.25, 0.3) is 5.91 Å². The van der Waals surface area contributed by atoms with Gasteiger partial charge >= 0.3 is 0 Å². The van der Waals surface area contributed by atoms with Crippen molar-refractivity contribution in [3.8, 4) is 0 Å². The number of hydrogen-bond donors (Lipinski definition) is 2. The summed E-state index contributed by atoms with van der Waals surface area (Å²) < 4.78 is 37.8. The fraction of sp³-hybridized carbons (Fsp3) is 0.500. The molecule has 0 bridgehead atoms. The van der Waals surface area contributed by atoms with Crippen molar-refractivity contribution >= 4 is 44.1 Å². The minimum Gasteiger partial charge on any atom is -0.352 e. The summed E-state index contributed by atoms with van der Waals surface area (Å²) in [5, 5.41) is 5.92. The van der Waals surface area contributed by atoms with Crippen molar-refractivity contribution in [2.45, 2.75) is 17.7 Å². The largest absolute Gasteiger partial charge is 0.352 e. The molecule has 9 heteroatoms. The first-order valence-electron chi connectivity index (χ1n) is 6.97. The number of amides is 1. The van der Waals surface area contributed by atoms with Crippen molar-refractivity contribution in [3.63, 3.8) is 0 Å². The van der Waals surface area contributed by atoms with Gasteiger partial charge in [0.15, 0.2) is 15.7 Å². The third kappa shape index (κ3) is 5.41. The summed E-state index contributed by atoms with van der Waals surface area (Å²) in [6.07, 6.45) is 2.96. The number of sulfone groups is 1. The first-order valence-corrected chi connectivity index (χ1v) is 9.65. The summed E-state index contributed by atoms with van der Waals surface area (Å²) in [7, 11) is -3.74. The Labute approximate surface area is 149 Å². The quantitative estimate of drug-likeness (QED) is 0.769. The summed E-state index contributed by atoms with van der Waals surface area (Å²) in [5.41, 5.74) is -0.265. The number of carbonyl (C=O) groups is 1. The summed E-state index contributed by atoms with van der Waals surface area (Å²) >= 11 is 3.11. The van der Waals surface area contributed by atoms with Crippen LogP contribution in [0.1, 0.15) is 23.2 Å². The van der Waals surface area contributed by atoms with Crippen LogP contribution in [0.5, 0.6) is 0 Å². The van der Waals surface area contributed by atoms with E-state index in [-0.39, 0.29) is 18.0 Å². The zero-order valence-electron chi connectivity index (χ0n) is 12.6. The molecular weight excluding hydrogens is 411 g/mol. The predicted octanol–water partition coefficient (Wildman–Crippen LogP) is 2.14. The van der Waals surface area contributed by atoms with Gasteiger partial charge in [0, 0.05) is 17.3 Å². The fourth-order valence-corrected chi connectivity index (χ4v) is 3.82. The van der Waals surface area contributed by atoms with E-state index in [1.165, 1.54) is 6.07 Å². The molecule has 0 aromatic heterocycles. The third-order valence-corrected chi connectivity index (χ3v) is 5.15. The number of piperidine rings is 1. The standard InChI is InChI=1S/C14H18BrFN2O3S.ClH/c1-22(20,21)12-6-10(15)5-11(13(12)16)14(19)18-8-9-3-2-4-17-7-9;/h5-6,9,17H,2-4,7-8H2,1H3,(H,18,19);1H. The van der Waals surface area contributed by atoms with E-state index in [0.29, 0.717) is 16.9 Å². The fourth-order valence-electron chi connectivity index (χ4n) is 2.43. The molecule has 1 aromatic rings. The topological polar surface area (TPSA) is 75.3 Å². The van der Waals surface area contributed by atoms with Gasteiger partial charge in [-0.25, -0.2) is 12.8 Å². The second kappa shape index (κ2) is 8.41. The molecule has 1 fully saturated rings. The van der Waals surface area contributed by atoms with Crippen molar-refractivity contribution in [2.75, 3.05) is 25.9 Å². The zero-order valence-corrected chi connectivity index (χ0v) is 15.8. The Hall–Kier alpha value is -0.700. The van der Waals surface area contributed by atoms with Gasteiger partial charge < -0.3 is 10.6 Å². The Morgan fingerprint density at radius 1 is 1.48 bits per heavy atom. The lowest BCUT2D eigenvalue weighted by molar-refractivity contribution is 0.0940. The second-order valence-corrected chi connectivity index (χ2v) is 8.36. The highest BCUT2D eigenvalue weighted by molar-refractivity contribution is 9.10. The molecule has 5 nitrogen and oxygen atoms in total. The van der Waals surface area contributed by atoms with Crippen LogP contribution in [0.4, 0.5) is 4.39 Å². The molecule has 0 saturated carbocycles. The van der Waals surface area contributed by atoms with Crippen molar-refractivity contribution in [1.29, 1.82) is 0 Å². The van der Waals surface area contributed by atoms with Gasteiger partial charge in [0.05, 0.1) is 5.56 Å². The van der Waals surface area contributed by atoms with E-state index in [1.807, 2.05) is 0 Å². The summed E-state index contributed by atoms with van der Waals surface area (Å²) in [6, 6.07) is 2.45. The van der Waals surface area contributed by atoms with Crippen LogP contribution >= 0.6 is 28.3 Å². The second-order valence-electron chi connectivity index (χ2n) is 5.46. The maximum atomic E-state index is 14.3. The van der Waals surface area contributed by atoms with Gasteiger partial charge in [-0.05, 0) is 44.0 Å². The van der Waals surface area contributed by atoms with E-state index in [9.17, 15) is 17.6 Å². The molecule has 1 amide bonds. The lowest BCUT2D eigenvalue weighted by Gasteiger charge is -2.23. The first kappa shape index (κ1) is 20.3. The number of rotatable bonds is 4. The average molecular weight is 430 g/mol. The Morgan fingerprint density at radius 2 is 2.17 bits per heavy atom. The normalized spacial score (nSPS) is 18.1. The summed E-state index contributed by atoms with van der Waals surface area (Å²) in [4.78, 5) is 11.7. The lowest BCUT2D eigenvalue weighted by atomic mass is 9.99. The van der Waals surface area contributed by atoms with Gasteiger partial charge in [0.2, 0.25) is 0 Å². The third-order valence-electron chi connectivity index (χ3n) is 3.60. The number of nitrogens with one attached hydrogen (secondary N) is 2. The minimum absolute atomic E-state index is 0. The van der Waals surface area contributed by atoms with Crippen LogP contribution in [-0.4, -0.2) is 40.2 Å². The van der Waals surface area contributed by atoms with Crippen LogP contribution in [0, 0.1) is 11.7 Å². The Morgan fingerprint density at radius 3 is 2.74 bits per heavy atom. The van der Waals surface area contributed by atoms with Crippen LogP contribution in [0.15, 0.2) is 21.5 Å². The molecule has 2 N–H and O–H groups in total. The molecule has 0 spiro atoms. The highest BCUT2D eigenvalue weighted by Crippen LogP contribution is 2.24. The molecule has 1 unspecified atom stereocenters. The van der Waals surface area contributed by atoms with Gasteiger partial charge in [-0.2, -0.15) is 0 Å². The molecule has 0 radical (unpaired) electrons. The predicted molar refractivity (Wildman–Crippen MR) is 92.4 cm³/mol. The van der Waals surface area contributed by atoms with Gasteiger partial charge in [0.1, 0.15) is 4.90 Å². The van der Waals surface area contributed by atoms with Gasteiger partial charge in [-0.3, -0.25) is 4.79 Å². The summed E-state index contributed by atoms with van der Waals surface area (Å²) in [5.74, 6) is -1.30. The van der Waals surface area contributed by atoms with E-state index >= 15 is 0 Å². The molecule has 1 aromatic carbocycles. The number of carbonyl (C=O) groups excluding carboxylic acids is 1. The maximum absolute atomic E-state index is 14.3. The van der Waals surface area contributed by atoms with E-state index in [1.54, 1.807) is 0 Å². The van der Waals surface area contributed by atoms with Gasteiger partial charge in [-0.1, -0.05) is 15.9 Å². The maximum Gasteiger partial charge on any atom is 0.254 e. The Balaban J connectivity index is 0.00000264. The SMILES string of the molecule is CS(=O)(=O)c1cc(Br)cc(C(=O)NCC2CCCNC2)c1F.Cl. The number of halogens is 3. The Kier molecular flexibility index (Phi) is 7.44. The molecule has 2 rings (SSSR count). The van der Waals surface area contributed by atoms with Crippen LogP contribution in [-0.2, 0) is 9.84 Å². The molecule has 0 aliphatic carbocycles. The summed E-state index contributed by atoms with van der Waals surface area (Å²) in [6.45, 7) is 2.23. The van der Waals surface area contributed by atoms with E-state index in [2.05, 4.69) is 26.6 Å². The molecule has 1 saturated heterocycles. The molecule has 130 valence electrons. The van der Waals surface area contributed by atoms with Crippen LogP contribution in [0.3, 0.4) is 0 Å². The zero-order chi connectivity index (χ0) is 16.3. The van der Waals surface area contributed by atoms with Crippen molar-refractivity contribution in [2.24, 2.45) is 5.92 Å². The van der Waals surface area contributed by atoms with E-state index in [4.69, 9.17) is 0 Å². The lowest BCUT2D eigenvalue weighted by Crippen LogP contribution is -2.38. The van der Waals surface area contributed by atoms with Crippen LogP contribution in [0.2, 0.25) is 0 Å². The molecular formula is C14H19BrClFN2O3S. The Bertz CT molecular complexity index is 679. The molecule has 1 atom stereocenters. The monoisotopic (exact) mass is 428 g/mol. The van der Waals surface area contributed by atoms with Crippen molar-refractivity contribution in [3.05, 3.63) is 28.0 Å². The number of benzene rings is 1. The molecule has 1 aliphatic heterocycles. The first-order chi connectivity index (χ1) is 10.3. The smallest absolute Gasteiger partial charge is 0.254 e. The van der Waals surface area contributed by atoms with E-state index < -0.39 is 26.5 Å². The number of hydrogen-bond acceptors (Lipinski definition) is 4.